The molecule has 0 unspecified atom stereocenters. The smallest absolute Gasteiger partial charge is 0.271 e. The molecule has 0 spiro atoms. The van der Waals surface area contributed by atoms with E-state index >= 15 is 0 Å². The lowest BCUT2D eigenvalue weighted by Gasteiger charge is -2.12. The van der Waals surface area contributed by atoms with E-state index in [9.17, 15) is 18.5 Å². The molecule has 0 amide bonds. The van der Waals surface area contributed by atoms with E-state index in [1.54, 1.807) is 0 Å². The molecule has 118 valence electrons. The van der Waals surface area contributed by atoms with E-state index in [1.165, 1.54) is 13.0 Å². The molecule has 0 fully saturated rings. The van der Waals surface area contributed by atoms with E-state index in [-0.39, 0.29) is 18.0 Å². The van der Waals surface area contributed by atoms with E-state index in [1.807, 2.05) is 6.92 Å². The molecule has 9 heteroatoms. The maximum atomic E-state index is 11.6. The number of rotatable bonds is 8. The number of hydrogen-bond acceptors (Lipinski definition) is 6. The molecule has 0 saturated heterocycles. The van der Waals surface area contributed by atoms with Gasteiger partial charge in [0.1, 0.15) is 10.6 Å². The van der Waals surface area contributed by atoms with E-state index in [0.29, 0.717) is 25.2 Å². The van der Waals surface area contributed by atoms with Gasteiger partial charge in [-0.05, 0) is 19.4 Å². The minimum atomic E-state index is -4.15. The quantitative estimate of drug-likeness (QED) is 0.313. The van der Waals surface area contributed by atoms with Crippen LogP contribution in [0.15, 0.2) is 17.0 Å². The highest BCUT2D eigenvalue weighted by Gasteiger charge is 2.23. The van der Waals surface area contributed by atoms with Gasteiger partial charge in [-0.3, -0.25) is 10.1 Å². The first-order valence-electron chi connectivity index (χ1n) is 6.21. The average molecular weight is 338 g/mol. The third-order valence-corrected chi connectivity index (χ3v) is 3.91. The van der Waals surface area contributed by atoms with Gasteiger partial charge in [0.2, 0.25) is 0 Å². The van der Waals surface area contributed by atoms with Gasteiger partial charge < -0.3 is 9.47 Å². The van der Waals surface area contributed by atoms with Crippen LogP contribution in [0.5, 0.6) is 5.75 Å². The van der Waals surface area contributed by atoms with Crippen LogP contribution in [0.25, 0.3) is 0 Å². The molecule has 1 rings (SSSR count). The zero-order valence-electron chi connectivity index (χ0n) is 11.7. The fourth-order valence-electron chi connectivity index (χ4n) is 1.67. The second-order valence-electron chi connectivity index (χ2n) is 4.18. The van der Waals surface area contributed by atoms with Crippen molar-refractivity contribution < 1.29 is 22.8 Å². The summed E-state index contributed by atoms with van der Waals surface area (Å²) < 4.78 is 33.7. The highest BCUT2D eigenvalue weighted by Crippen LogP contribution is 2.34. The second-order valence-corrected chi connectivity index (χ2v) is 6.72. The number of nitrogens with zero attached hydrogens (tertiary/aromatic N) is 1. The summed E-state index contributed by atoms with van der Waals surface area (Å²) in [6, 6.07) is 2.14. The van der Waals surface area contributed by atoms with Gasteiger partial charge in [-0.2, -0.15) is 0 Å². The monoisotopic (exact) mass is 337 g/mol. The fraction of sp³-hybridized carbons (Fsp3) is 0.500. The van der Waals surface area contributed by atoms with Crippen LogP contribution in [0, 0.1) is 17.0 Å². The lowest BCUT2D eigenvalue weighted by molar-refractivity contribution is -0.385. The van der Waals surface area contributed by atoms with Crippen LogP contribution >= 0.6 is 10.7 Å². The van der Waals surface area contributed by atoms with Gasteiger partial charge in [0.15, 0.2) is 0 Å². The Bertz CT molecular complexity index is 616. The minimum Gasteiger partial charge on any atom is -0.492 e. The van der Waals surface area contributed by atoms with Crippen LogP contribution in [-0.2, 0) is 13.8 Å². The molecule has 1 aromatic rings. The molecule has 0 atom stereocenters. The molecule has 7 nitrogen and oxygen atoms in total. The van der Waals surface area contributed by atoms with Crippen LogP contribution in [0.1, 0.15) is 18.9 Å². The van der Waals surface area contributed by atoms with Crippen molar-refractivity contribution in [2.24, 2.45) is 0 Å². The molecule has 0 aromatic heterocycles. The van der Waals surface area contributed by atoms with E-state index in [0.717, 1.165) is 6.07 Å². The summed E-state index contributed by atoms with van der Waals surface area (Å²) in [7, 11) is 1.17. The standard InChI is InChI=1S/C12H16ClNO6S/c1-3-19-5-4-6-20-12-9(2)7-10(14(15)16)8-11(12)21(13,17)18/h7-8H,3-6H2,1-2H3. The van der Waals surface area contributed by atoms with Crippen LogP contribution in [0.2, 0.25) is 0 Å². The maximum absolute atomic E-state index is 11.6. The number of non-ortho nitro benzene ring substituents is 1. The van der Waals surface area contributed by atoms with Gasteiger partial charge in [0.05, 0.1) is 11.5 Å². The predicted octanol–water partition coefficient (Wildman–Crippen LogP) is 2.64. The summed E-state index contributed by atoms with van der Waals surface area (Å²) in [5.74, 6) is 0.0344. The first-order valence-corrected chi connectivity index (χ1v) is 8.52. The molecule has 0 bridgehead atoms. The van der Waals surface area contributed by atoms with Gasteiger partial charge in [0.25, 0.3) is 14.7 Å². The van der Waals surface area contributed by atoms with Crippen molar-refractivity contribution in [3.63, 3.8) is 0 Å². The topological polar surface area (TPSA) is 95.7 Å². The molecule has 0 aliphatic heterocycles. The summed E-state index contributed by atoms with van der Waals surface area (Å²) in [6.07, 6.45) is 0.562. The van der Waals surface area contributed by atoms with Crippen LogP contribution < -0.4 is 4.74 Å². The molecule has 0 saturated carbocycles. The van der Waals surface area contributed by atoms with Crippen molar-refractivity contribution in [1.82, 2.24) is 0 Å². The van der Waals surface area contributed by atoms with Crippen molar-refractivity contribution in [3.8, 4) is 5.75 Å². The summed E-state index contributed by atoms with van der Waals surface area (Å²) >= 11 is 0. The Morgan fingerprint density at radius 3 is 2.52 bits per heavy atom. The number of halogens is 1. The number of nitro groups is 1. The maximum Gasteiger partial charge on any atom is 0.271 e. The van der Waals surface area contributed by atoms with Crippen LogP contribution in [0.3, 0.4) is 0 Å². The number of ether oxygens (including phenoxy) is 2. The van der Waals surface area contributed by atoms with Gasteiger partial charge in [-0.25, -0.2) is 8.42 Å². The third-order valence-electron chi connectivity index (χ3n) is 2.58. The van der Waals surface area contributed by atoms with E-state index < -0.39 is 18.9 Å². The normalized spacial score (nSPS) is 11.4. The highest BCUT2D eigenvalue weighted by atomic mass is 35.7. The Morgan fingerprint density at radius 2 is 2.00 bits per heavy atom. The van der Waals surface area contributed by atoms with Gasteiger partial charge in [-0.1, -0.05) is 0 Å². The molecule has 0 radical (unpaired) electrons. The zero-order chi connectivity index (χ0) is 16.0. The average Bonchev–Trinajstić information content (AvgIpc) is 2.38. The summed E-state index contributed by atoms with van der Waals surface area (Å²) in [5, 5.41) is 10.8. The predicted molar refractivity (Wildman–Crippen MR) is 77.5 cm³/mol. The Balaban J connectivity index is 3.04. The highest BCUT2D eigenvalue weighted by molar-refractivity contribution is 8.13. The number of hydrogen-bond donors (Lipinski definition) is 0. The number of aryl methyl sites for hydroxylation is 1. The molecule has 21 heavy (non-hydrogen) atoms. The Labute approximate surface area is 127 Å². The molecule has 0 N–H and O–H groups in total. The molecule has 1 aromatic carbocycles. The SMILES string of the molecule is CCOCCCOc1c(C)cc([N+](=O)[O-])cc1S(=O)(=O)Cl. The van der Waals surface area contributed by atoms with E-state index in [4.69, 9.17) is 20.2 Å². The van der Waals surface area contributed by atoms with Crippen molar-refractivity contribution in [1.29, 1.82) is 0 Å². The zero-order valence-corrected chi connectivity index (χ0v) is 13.2. The lowest BCUT2D eigenvalue weighted by Crippen LogP contribution is -2.07. The molecular weight excluding hydrogens is 322 g/mol. The Kier molecular flexibility index (Phi) is 6.38. The minimum absolute atomic E-state index is 0.0344. The molecule has 0 aliphatic carbocycles. The van der Waals surface area contributed by atoms with Crippen molar-refractivity contribution in [3.05, 3.63) is 27.8 Å². The van der Waals surface area contributed by atoms with Crippen LogP contribution in [0.4, 0.5) is 5.69 Å². The Morgan fingerprint density at radius 1 is 1.33 bits per heavy atom. The van der Waals surface area contributed by atoms with Gasteiger partial charge >= 0.3 is 0 Å². The first kappa shape index (κ1) is 17.7. The molecule has 0 aliphatic rings. The lowest BCUT2D eigenvalue weighted by atomic mass is 10.2. The Hall–Kier alpha value is -1.38. The molecule has 0 heterocycles. The van der Waals surface area contributed by atoms with Crippen molar-refractivity contribution >= 4 is 25.4 Å². The van der Waals surface area contributed by atoms with Crippen molar-refractivity contribution in [2.45, 2.75) is 25.2 Å². The molecular formula is C12H16ClNO6S. The number of nitro benzene ring substituents is 1. The summed E-state index contributed by atoms with van der Waals surface area (Å²) in [4.78, 5) is 9.71. The van der Waals surface area contributed by atoms with Crippen LogP contribution in [-0.4, -0.2) is 33.2 Å². The number of benzene rings is 1. The third kappa shape index (κ3) is 5.14. The summed E-state index contributed by atoms with van der Waals surface area (Å²) in [5.41, 5.74) is -0.0202. The fourth-order valence-corrected chi connectivity index (χ4v) is 2.72. The van der Waals surface area contributed by atoms with Crippen molar-refractivity contribution in [2.75, 3.05) is 19.8 Å². The summed E-state index contributed by atoms with van der Waals surface area (Å²) in [6.45, 7) is 4.66. The van der Waals surface area contributed by atoms with Gasteiger partial charge in [-0.15, -0.1) is 0 Å². The first-order chi connectivity index (χ1) is 9.77. The van der Waals surface area contributed by atoms with Gasteiger partial charge in [0, 0.05) is 42.4 Å². The largest absolute Gasteiger partial charge is 0.492 e. The second kappa shape index (κ2) is 7.58. The van der Waals surface area contributed by atoms with E-state index in [2.05, 4.69) is 0 Å².